The van der Waals surface area contributed by atoms with Crippen LogP contribution in [0.3, 0.4) is 0 Å². The van der Waals surface area contributed by atoms with Crippen LogP contribution >= 0.6 is 0 Å². The number of para-hydroxylation sites is 1. The Kier molecular flexibility index (Phi) is 3.97. The highest BCUT2D eigenvalue weighted by molar-refractivity contribution is 5.91. The SMILES string of the molecule is COc1ccccc1C1(C(=O)N(C)CC(=O)O)CCC1. The lowest BCUT2D eigenvalue weighted by atomic mass is 9.63. The summed E-state index contributed by atoms with van der Waals surface area (Å²) in [6, 6.07) is 7.47. The fourth-order valence-electron chi connectivity index (χ4n) is 2.81. The van der Waals surface area contributed by atoms with Crippen LogP contribution in [0, 0.1) is 0 Å². The largest absolute Gasteiger partial charge is 0.496 e. The van der Waals surface area contributed by atoms with Crippen molar-refractivity contribution in [3.8, 4) is 5.75 Å². The standard InChI is InChI=1S/C15H19NO4/c1-16(10-13(17)18)14(19)15(8-5-9-15)11-6-3-4-7-12(11)20-2/h3-4,6-7H,5,8-10H2,1-2H3,(H,17,18). The molecule has 1 N–H and O–H groups in total. The number of nitrogens with zero attached hydrogens (tertiary/aromatic N) is 1. The van der Waals surface area contributed by atoms with E-state index in [-0.39, 0.29) is 12.5 Å². The van der Waals surface area contributed by atoms with Gasteiger partial charge in [0.05, 0.1) is 12.5 Å². The van der Waals surface area contributed by atoms with E-state index in [2.05, 4.69) is 0 Å². The first kappa shape index (κ1) is 14.4. The van der Waals surface area contributed by atoms with Gasteiger partial charge in [-0.3, -0.25) is 9.59 Å². The summed E-state index contributed by atoms with van der Waals surface area (Å²) >= 11 is 0. The molecule has 5 heteroatoms. The highest BCUT2D eigenvalue weighted by atomic mass is 16.5. The van der Waals surface area contributed by atoms with Crippen molar-refractivity contribution >= 4 is 11.9 Å². The van der Waals surface area contributed by atoms with E-state index >= 15 is 0 Å². The van der Waals surface area contributed by atoms with Crippen molar-refractivity contribution in [1.29, 1.82) is 0 Å². The number of rotatable bonds is 5. The molecule has 0 heterocycles. The lowest BCUT2D eigenvalue weighted by Crippen LogP contribution is -2.51. The zero-order valence-corrected chi connectivity index (χ0v) is 11.8. The maximum absolute atomic E-state index is 12.7. The molecule has 1 saturated carbocycles. The number of carboxylic acids is 1. The molecule has 0 saturated heterocycles. The zero-order valence-electron chi connectivity index (χ0n) is 11.8. The Hall–Kier alpha value is -2.04. The minimum atomic E-state index is -1.00. The Labute approximate surface area is 118 Å². The van der Waals surface area contributed by atoms with Crippen LogP contribution in [0.2, 0.25) is 0 Å². The maximum atomic E-state index is 12.7. The number of benzene rings is 1. The van der Waals surface area contributed by atoms with Crippen molar-refractivity contribution < 1.29 is 19.4 Å². The molecule has 2 rings (SSSR count). The van der Waals surface area contributed by atoms with E-state index in [0.717, 1.165) is 24.8 Å². The van der Waals surface area contributed by atoms with Crippen LogP contribution in [0.1, 0.15) is 24.8 Å². The third-order valence-electron chi connectivity index (χ3n) is 3.96. The number of ether oxygens (including phenoxy) is 1. The molecule has 0 spiro atoms. The first-order valence-electron chi connectivity index (χ1n) is 6.62. The van der Waals surface area contributed by atoms with Gasteiger partial charge in [-0.05, 0) is 18.9 Å². The summed E-state index contributed by atoms with van der Waals surface area (Å²) in [6.45, 7) is -0.282. The minimum Gasteiger partial charge on any atom is -0.496 e. The Bertz CT molecular complexity index is 522. The molecule has 1 aliphatic rings. The average molecular weight is 277 g/mol. The van der Waals surface area contributed by atoms with Crippen LogP contribution in [0.4, 0.5) is 0 Å². The summed E-state index contributed by atoms with van der Waals surface area (Å²) in [4.78, 5) is 24.7. The fourth-order valence-corrected chi connectivity index (χ4v) is 2.81. The molecule has 0 unspecified atom stereocenters. The summed E-state index contributed by atoms with van der Waals surface area (Å²) in [6.07, 6.45) is 2.43. The molecule has 1 aliphatic carbocycles. The van der Waals surface area contributed by atoms with Gasteiger partial charge in [-0.15, -0.1) is 0 Å². The van der Waals surface area contributed by atoms with Crippen molar-refractivity contribution in [2.24, 2.45) is 0 Å². The van der Waals surface area contributed by atoms with E-state index in [4.69, 9.17) is 9.84 Å². The zero-order chi connectivity index (χ0) is 14.8. The molecule has 1 aromatic carbocycles. The minimum absolute atomic E-state index is 0.143. The van der Waals surface area contributed by atoms with E-state index in [0.29, 0.717) is 5.75 Å². The molecule has 0 bridgehead atoms. The predicted octanol–water partition coefficient (Wildman–Crippen LogP) is 1.66. The van der Waals surface area contributed by atoms with Crippen molar-refractivity contribution in [3.63, 3.8) is 0 Å². The van der Waals surface area contributed by atoms with Crippen molar-refractivity contribution in [1.82, 2.24) is 4.90 Å². The average Bonchev–Trinajstić information content (AvgIpc) is 2.37. The molecule has 1 fully saturated rings. The fraction of sp³-hybridized carbons (Fsp3) is 0.467. The summed E-state index contributed by atoms with van der Waals surface area (Å²) in [5, 5.41) is 8.84. The second-order valence-corrected chi connectivity index (χ2v) is 5.19. The first-order chi connectivity index (χ1) is 9.51. The van der Waals surface area contributed by atoms with Gasteiger partial charge in [0.25, 0.3) is 0 Å². The number of carbonyl (C=O) groups excluding carboxylic acids is 1. The number of hydrogen-bond acceptors (Lipinski definition) is 3. The van der Waals surface area contributed by atoms with Gasteiger partial charge in [-0.25, -0.2) is 0 Å². The maximum Gasteiger partial charge on any atom is 0.323 e. The van der Waals surface area contributed by atoms with Gasteiger partial charge in [-0.1, -0.05) is 24.6 Å². The predicted molar refractivity (Wildman–Crippen MR) is 73.8 cm³/mol. The molecule has 1 amide bonds. The van der Waals surface area contributed by atoms with Crippen LogP contribution in [-0.4, -0.2) is 42.6 Å². The Morgan fingerprint density at radius 1 is 1.35 bits per heavy atom. The topological polar surface area (TPSA) is 66.8 Å². The lowest BCUT2D eigenvalue weighted by Gasteiger charge is -2.43. The quantitative estimate of drug-likeness (QED) is 0.889. The smallest absolute Gasteiger partial charge is 0.323 e. The summed E-state index contributed by atoms with van der Waals surface area (Å²) in [5.74, 6) is -0.463. The number of carbonyl (C=O) groups is 2. The van der Waals surface area contributed by atoms with E-state index in [1.807, 2.05) is 24.3 Å². The molecular formula is C15H19NO4. The number of aliphatic carboxylic acids is 1. The van der Waals surface area contributed by atoms with Crippen LogP contribution in [0.25, 0.3) is 0 Å². The molecule has 0 atom stereocenters. The Morgan fingerprint density at radius 3 is 2.50 bits per heavy atom. The summed E-state index contributed by atoms with van der Waals surface area (Å²) in [5.41, 5.74) is 0.229. The monoisotopic (exact) mass is 277 g/mol. The number of hydrogen-bond donors (Lipinski definition) is 1. The van der Waals surface area contributed by atoms with Gasteiger partial charge in [0, 0.05) is 12.6 Å². The van der Waals surface area contributed by atoms with E-state index < -0.39 is 11.4 Å². The highest BCUT2D eigenvalue weighted by Crippen LogP contribution is 2.48. The molecule has 5 nitrogen and oxygen atoms in total. The molecule has 0 radical (unpaired) electrons. The van der Waals surface area contributed by atoms with Crippen molar-refractivity contribution in [2.45, 2.75) is 24.7 Å². The summed E-state index contributed by atoms with van der Waals surface area (Å²) in [7, 11) is 3.11. The van der Waals surface area contributed by atoms with Crippen LogP contribution in [-0.2, 0) is 15.0 Å². The van der Waals surface area contributed by atoms with E-state index in [9.17, 15) is 9.59 Å². The molecular weight excluding hydrogens is 258 g/mol. The van der Waals surface area contributed by atoms with Crippen LogP contribution in [0.15, 0.2) is 24.3 Å². The van der Waals surface area contributed by atoms with Crippen molar-refractivity contribution in [2.75, 3.05) is 20.7 Å². The van der Waals surface area contributed by atoms with Gasteiger partial charge in [0.15, 0.2) is 0 Å². The molecule has 1 aromatic rings. The lowest BCUT2D eigenvalue weighted by molar-refractivity contribution is -0.147. The first-order valence-corrected chi connectivity index (χ1v) is 6.62. The van der Waals surface area contributed by atoms with Gasteiger partial charge < -0.3 is 14.7 Å². The third kappa shape index (κ3) is 2.35. The second kappa shape index (κ2) is 5.53. The number of carboxylic acid groups (broad SMARTS) is 1. The highest BCUT2D eigenvalue weighted by Gasteiger charge is 2.48. The van der Waals surface area contributed by atoms with Crippen molar-refractivity contribution in [3.05, 3.63) is 29.8 Å². The molecule has 0 aromatic heterocycles. The van der Waals surface area contributed by atoms with Gasteiger partial charge in [0.2, 0.25) is 5.91 Å². The molecule has 20 heavy (non-hydrogen) atoms. The van der Waals surface area contributed by atoms with E-state index in [1.54, 1.807) is 7.11 Å². The Balaban J connectivity index is 2.34. The normalized spacial score (nSPS) is 16.1. The molecule has 108 valence electrons. The molecule has 0 aliphatic heterocycles. The van der Waals surface area contributed by atoms with E-state index in [1.165, 1.54) is 11.9 Å². The number of likely N-dealkylation sites (N-methyl/N-ethyl adjacent to an activating group) is 1. The Morgan fingerprint density at radius 2 is 2.00 bits per heavy atom. The number of amides is 1. The van der Waals surface area contributed by atoms with Crippen LogP contribution < -0.4 is 4.74 Å². The van der Waals surface area contributed by atoms with Crippen LogP contribution in [0.5, 0.6) is 5.75 Å². The van der Waals surface area contributed by atoms with Gasteiger partial charge in [-0.2, -0.15) is 0 Å². The number of methoxy groups -OCH3 is 1. The van der Waals surface area contributed by atoms with Gasteiger partial charge >= 0.3 is 5.97 Å². The summed E-state index contributed by atoms with van der Waals surface area (Å²) < 4.78 is 5.35. The third-order valence-corrected chi connectivity index (χ3v) is 3.96. The second-order valence-electron chi connectivity index (χ2n) is 5.19. The van der Waals surface area contributed by atoms with Gasteiger partial charge in [0.1, 0.15) is 12.3 Å².